The monoisotopic (exact) mass is 273 g/mol. The van der Waals surface area contributed by atoms with Crippen molar-refractivity contribution in [1.29, 1.82) is 0 Å². The summed E-state index contributed by atoms with van der Waals surface area (Å²) < 4.78 is 30.8. The fourth-order valence-electron chi connectivity index (χ4n) is 1.80. The van der Waals surface area contributed by atoms with Crippen LogP contribution in [0.15, 0.2) is 18.2 Å². The van der Waals surface area contributed by atoms with Crippen LogP contribution in [0.1, 0.15) is 0 Å². The summed E-state index contributed by atoms with van der Waals surface area (Å²) in [5.74, 6) is -2.34. The van der Waals surface area contributed by atoms with E-state index in [9.17, 15) is 23.8 Å². The first-order valence-electron chi connectivity index (χ1n) is 5.69. The van der Waals surface area contributed by atoms with Gasteiger partial charge in [0, 0.05) is 19.2 Å². The van der Waals surface area contributed by atoms with E-state index in [1.54, 1.807) is 0 Å². The molecule has 104 valence electrons. The number of carbonyl (C=O) groups excluding carboxylic acids is 1. The van der Waals surface area contributed by atoms with Gasteiger partial charge in [-0.05, 0) is 12.1 Å². The minimum absolute atomic E-state index is 0.00919. The molecule has 2 rings (SSSR count). The van der Waals surface area contributed by atoms with Crippen LogP contribution in [0.3, 0.4) is 0 Å². The van der Waals surface area contributed by atoms with Gasteiger partial charge in [-0.2, -0.15) is 0 Å². The Morgan fingerprint density at radius 3 is 2.53 bits per heavy atom. The molecule has 0 radical (unpaired) electrons. The van der Waals surface area contributed by atoms with E-state index in [1.807, 2.05) is 0 Å². The van der Waals surface area contributed by atoms with E-state index in [0.29, 0.717) is 6.07 Å². The van der Waals surface area contributed by atoms with Crippen molar-refractivity contribution < 1.29 is 28.5 Å². The second-order valence-corrected chi connectivity index (χ2v) is 4.30. The molecule has 0 bridgehead atoms. The summed E-state index contributed by atoms with van der Waals surface area (Å²) in [6.45, 7) is -0.424. The highest BCUT2D eigenvalue weighted by atomic mass is 19.1. The van der Waals surface area contributed by atoms with Crippen LogP contribution in [-0.4, -0.2) is 52.9 Å². The van der Waals surface area contributed by atoms with Gasteiger partial charge in [-0.1, -0.05) is 0 Å². The van der Waals surface area contributed by atoms with Crippen LogP contribution in [0.2, 0.25) is 0 Å². The number of aliphatic hydroxyl groups is 2. The Labute approximate surface area is 108 Å². The maximum Gasteiger partial charge on any atom is 0.260 e. The van der Waals surface area contributed by atoms with Crippen molar-refractivity contribution in [2.45, 2.75) is 12.2 Å². The molecule has 0 aliphatic carbocycles. The lowest BCUT2D eigenvalue weighted by Crippen LogP contribution is -2.34. The first-order chi connectivity index (χ1) is 8.97. The largest absolute Gasteiger partial charge is 0.481 e. The van der Waals surface area contributed by atoms with E-state index in [1.165, 1.54) is 4.90 Å². The Morgan fingerprint density at radius 1 is 1.32 bits per heavy atom. The van der Waals surface area contributed by atoms with E-state index in [-0.39, 0.29) is 18.8 Å². The van der Waals surface area contributed by atoms with Crippen molar-refractivity contribution >= 4 is 5.91 Å². The predicted molar refractivity (Wildman–Crippen MR) is 60.4 cm³/mol. The number of aliphatic hydroxyl groups excluding tert-OH is 2. The average molecular weight is 273 g/mol. The molecule has 2 unspecified atom stereocenters. The van der Waals surface area contributed by atoms with Crippen LogP contribution in [0, 0.1) is 11.6 Å². The maximum absolute atomic E-state index is 13.2. The van der Waals surface area contributed by atoms with Gasteiger partial charge in [0.15, 0.2) is 18.2 Å². The molecule has 5 nitrogen and oxygen atoms in total. The van der Waals surface area contributed by atoms with Crippen LogP contribution in [0.25, 0.3) is 0 Å². The summed E-state index contributed by atoms with van der Waals surface area (Å²) in [4.78, 5) is 12.9. The zero-order valence-electron chi connectivity index (χ0n) is 9.92. The normalized spacial score (nSPS) is 22.6. The summed E-state index contributed by atoms with van der Waals surface area (Å²) in [6, 6.07) is 2.76. The molecular formula is C12H13F2NO4. The number of amides is 1. The van der Waals surface area contributed by atoms with Crippen molar-refractivity contribution in [2.75, 3.05) is 19.7 Å². The molecule has 1 aliphatic heterocycles. The summed E-state index contributed by atoms with van der Waals surface area (Å²) in [5.41, 5.74) is 0. The highest BCUT2D eigenvalue weighted by molar-refractivity contribution is 5.78. The molecule has 1 saturated heterocycles. The summed E-state index contributed by atoms with van der Waals surface area (Å²) in [6.07, 6.45) is -1.96. The van der Waals surface area contributed by atoms with Crippen LogP contribution in [0.5, 0.6) is 5.75 Å². The Morgan fingerprint density at radius 2 is 1.95 bits per heavy atom. The lowest BCUT2D eigenvalue weighted by Gasteiger charge is -2.15. The third-order valence-corrected chi connectivity index (χ3v) is 2.86. The third-order valence-electron chi connectivity index (χ3n) is 2.86. The molecule has 2 N–H and O–H groups in total. The van der Waals surface area contributed by atoms with Gasteiger partial charge in [0.25, 0.3) is 5.91 Å². The van der Waals surface area contributed by atoms with Gasteiger partial charge in [0.05, 0.1) is 12.2 Å². The first-order valence-corrected chi connectivity index (χ1v) is 5.69. The van der Waals surface area contributed by atoms with E-state index in [2.05, 4.69) is 0 Å². The Bertz CT molecular complexity index is 473. The molecule has 19 heavy (non-hydrogen) atoms. The SMILES string of the molecule is O=C(COc1ccc(F)cc1F)N1CC(O)C(O)C1. The molecule has 0 saturated carbocycles. The number of rotatable bonds is 3. The van der Waals surface area contributed by atoms with Crippen molar-refractivity contribution in [1.82, 2.24) is 4.90 Å². The fourth-order valence-corrected chi connectivity index (χ4v) is 1.80. The molecule has 1 amide bonds. The fraction of sp³-hybridized carbons (Fsp3) is 0.417. The van der Waals surface area contributed by atoms with Crippen LogP contribution in [-0.2, 0) is 4.79 Å². The second-order valence-electron chi connectivity index (χ2n) is 4.30. The number of carbonyl (C=O) groups is 1. The van der Waals surface area contributed by atoms with Crippen LogP contribution in [0.4, 0.5) is 8.78 Å². The summed E-state index contributed by atoms with van der Waals surface area (Å²) in [5, 5.41) is 18.6. The molecule has 7 heteroatoms. The smallest absolute Gasteiger partial charge is 0.260 e. The first kappa shape index (κ1) is 13.7. The van der Waals surface area contributed by atoms with Gasteiger partial charge in [0.2, 0.25) is 0 Å². The van der Waals surface area contributed by atoms with Crippen molar-refractivity contribution in [3.05, 3.63) is 29.8 Å². The molecule has 1 aliphatic rings. The summed E-state index contributed by atoms with van der Waals surface area (Å²) in [7, 11) is 0. The maximum atomic E-state index is 13.2. The second kappa shape index (κ2) is 5.50. The Kier molecular flexibility index (Phi) is 3.96. The molecule has 0 aromatic heterocycles. The van der Waals surface area contributed by atoms with Crippen molar-refractivity contribution in [3.63, 3.8) is 0 Å². The van der Waals surface area contributed by atoms with E-state index < -0.39 is 36.4 Å². The quantitative estimate of drug-likeness (QED) is 0.807. The predicted octanol–water partition coefficient (Wildman–Crippen LogP) is -0.0924. The van der Waals surface area contributed by atoms with Gasteiger partial charge >= 0.3 is 0 Å². The third kappa shape index (κ3) is 3.18. The zero-order chi connectivity index (χ0) is 14.0. The van der Waals surface area contributed by atoms with Gasteiger partial charge in [-0.25, -0.2) is 8.78 Å². The zero-order valence-corrected chi connectivity index (χ0v) is 9.92. The molecular weight excluding hydrogens is 260 g/mol. The van der Waals surface area contributed by atoms with Gasteiger partial charge in [-0.15, -0.1) is 0 Å². The van der Waals surface area contributed by atoms with E-state index in [4.69, 9.17) is 4.74 Å². The van der Waals surface area contributed by atoms with Crippen LogP contribution >= 0.6 is 0 Å². The van der Waals surface area contributed by atoms with Crippen molar-refractivity contribution in [2.24, 2.45) is 0 Å². The lowest BCUT2D eigenvalue weighted by atomic mass is 10.3. The average Bonchev–Trinajstić information content (AvgIpc) is 2.68. The van der Waals surface area contributed by atoms with Crippen LogP contribution < -0.4 is 4.74 Å². The molecule has 2 atom stereocenters. The molecule has 1 aromatic rings. The van der Waals surface area contributed by atoms with Gasteiger partial charge < -0.3 is 19.8 Å². The van der Waals surface area contributed by atoms with Gasteiger partial charge in [0.1, 0.15) is 5.82 Å². The van der Waals surface area contributed by atoms with E-state index in [0.717, 1.165) is 12.1 Å². The highest BCUT2D eigenvalue weighted by Crippen LogP contribution is 2.18. The summed E-state index contributed by atoms with van der Waals surface area (Å²) >= 11 is 0. The number of ether oxygens (including phenoxy) is 1. The number of hydrogen-bond donors (Lipinski definition) is 2. The number of nitrogens with zero attached hydrogens (tertiary/aromatic N) is 1. The Hall–Kier alpha value is -1.73. The van der Waals surface area contributed by atoms with Gasteiger partial charge in [-0.3, -0.25) is 4.79 Å². The molecule has 1 heterocycles. The molecule has 0 spiro atoms. The molecule has 1 fully saturated rings. The minimum atomic E-state index is -0.980. The number of benzene rings is 1. The Balaban J connectivity index is 1.90. The number of hydrogen-bond acceptors (Lipinski definition) is 4. The number of β-amino-alcohol motifs (C(OH)–C–C–N with tert-alkyl or cyclic N) is 2. The molecule has 1 aromatic carbocycles. The standard InChI is InChI=1S/C12H13F2NO4/c13-7-1-2-11(8(14)3-7)19-6-12(18)15-4-9(16)10(17)5-15/h1-3,9-10,16-17H,4-6H2. The van der Waals surface area contributed by atoms with Crippen molar-refractivity contribution in [3.8, 4) is 5.75 Å². The highest BCUT2D eigenvalue weighted by Gasteiger charge is 2.32. The number of halogens is 2. The number of likely N-dealkylation sites (tertiary alicyclic amines) is 1. The lowest BCUT2D eigenvalue weighted by molar-refractivity contribution is -0.132. The minimum Gasteiger partial charge on any atom is -0.481 e. The topological polar surface area (TPSA) is 70.0 Å². The van der Waals surface area contributed by atoms with E-state index >= 15 is 0 Å².